The van der Waals surface area contributed by atoms with Crippen molar-refractivity contribution in [3.05, 3.63) is 35.3 Å². The van der Waals surface area contributed by atoms with Crippen molar-refractivity contribution in [1.82, 2.24) is 9.88 Å². The van der Waals surface area contributed by atoms with Gasteiger partial charge in [0.15, 0.2) is 0 Å². The van der Waals surface area contributed by atoms with Crippen LogP contribution in [0.5, 0.6) is 0 Å². The molecular weight excluding hydrogens is 239 g/mol. The van der Waals surface area contributed by atoms with Crippen molar-refractivity contribution in [3.8, 4) is 0 Å². The first-order chi connectivity index (χ1) is 7.68. The van der Waals surface area contributed by atoms with Gasteiger partial charge < -0.3 is 9.88 Å². The maximum Gasteiger partial charge on any atom is 0.150 e. The van der Waals surface area contributed by atoms with Gasteiger partial charge in [0, 0.05) is 30.2 Å². The van der Waals surface area contributed by atoms with Crippen molar-refractivity contribution in [2.45, 2.75) is 26.4 Å². The predicted molar refractivity (Wildman–Crippen MR) is 70.3 cm³/mol. The summed E-state index contributed by atoms with van der Waals surface area (Å²) in [7, 11) is 0. The third-order valence-corrected chi connectivity index (χ3v) is 3.40. The Bertz CT molecular complexity index is 562. The Morgan fingerprint density at radius 1 is 1.41 bits per heavy atom. The molecule has 2 nitrogen and oxygen atoms in total. The van der Waals surface area contributed by atoms with E-state index in [-0.39, 0.29) is 18.2 Å². The Hall–Kier alpha value is -1.06. The van der Waals surface area contributed by atoms with Gasteiger partial charge in [0.1, 0.15) is 5.82 Å². The van der Waals surface area contributed by atoms with E-state index in [4.69, 9.17) is 0 Å². The zero-order valence-electron chi connectivity index (χ0n) is 9.96. The van der Waals surface area contributed by atoms with Crippen LogP contribution in [0.4, 0.5) is 4.39 Å². The van der Waals surface area contributed by atoms with Crippen molar-refractivity contribution in [2.24, 2.45) is 0 Å². The van der Waals surface area contributed by atoms with Crippen molar-refractivity contribution < 1.29 is 4.39 Å². The maximum absolute atomic E-state index is 14.2. The molecule has 0 aliphatic carbocycles. The molecule has 0 saturated heterocycles. The topological polar surface area (TPSA) is 17.0 Å². The van der Waals surface area contributed by atoms with E-state index < -0.39 is 0 Å². The summed E-state index contributed by atoms with van der Waals surface area (Å²) in [5.74, 6) is -0.0718. The number of hydrogen-bond donors (Lipinski definition) is 1. The number of hydrogen-bond acceptors (Lipinski definition) is 1. The lowest BCUT2D eigenvalue weighted by Gasteiger charge is -2.25. The van der Waals surface area contributed by atoms with E-state index in [0.29, 0.717) is 6.04 Å². The molecule has 0 spiro atoms. The quantitative estimate of drug-likeness (QED) is 0.764. The summed E-state index contributed by atoms with van der Waals surface area (Å²) in [6.45, 7) is 5.68. The summed E-state index contributed by atoms with van der Waals surface area (Å²) in [6.07, 6.45) is 0. The highest BCUT2D eigenvalue weighted by Gasteiger charge is 2.20. The molecule has 2 aromatic rings. The normalized spacial score (nSPS) is 18.9. The maximum atomic E-state index is 14.2. The Labute approximate surface area is 106 Å². The van der Waals surface area contributed by atoms with Gasteiger partial charge in [-0.25, -0.2) is 4.39 Å². The Morgan fingerprint density at radius 3 is 2.94 bits per heavy atom. The molecule has 1 atom stereocenters. The van der Waals surface area contributed by atoms with Gasteiger partial charge in [-0.1, -0.05) is 12.1 Å². The van der Waals surface area contributed by atoms with Crippen LogP contribution in [-0.4, -0.2) is 11.1 Å². The van der Waals surface area contributed by atoms with E-state index in [1.807, 2.05) is 19.1 Å². The van der Waals surface area contributed by atoms with Crippen LogP contribution in [0.3, 0.4) is 0 Å². The van der Waals surface area contributed by atoms with E-state index in [1.165, 1.54) is 5.69 Å². The molecule has 0 amide bonds. The summed E-state index contributed by atoms with van der Waals surface area (Å²) in [5, 5.41) is 4.35. The van der Waals surface area contributed by atoms with Crippen LogP contribution in [0.15, 0.2) is 18.2 Å². The molecule has 1 aliphatic heterocycles. The second-order valence-corrected chi connectivity index (χ2v) is 4.62. The van der Waals surface area contributed by atoms with Crippen LogP contribution in [0.2, 0.25) is 0 Å². The number of aryl methyl sites for hydroxylation is 1. The van der Waals surface area contributed by atoms with Crippen molar-refractivity contribution >= 4 is 23.3 Å². The van der Waals surface area contributed by atoms with Gasteiger partial charge in [-0.15, -0.1) is 12.4 Å². The van der Waals surface area contributed by atoms with Crippen molar-refractivity contribution in [3.63, 3.8) is 0 Å². The fourth-order valence-corrected chi connectivity index (χ4v) is 2.57. The van der Waals surface area contributed by atoms with Gasteiger partial charge in [-0.3, -0.25) is 0 Å². The highest BCUT2D eigenvalue weighted by Crippen LogP contribution is 2.29. The lowest BCUT2D eigenvalue weighted by molar-refractivity contribution is 0.435. The fourth-order valence-electron chi connectivity index (χ4n) is 2.57. The molecule has 0 unspecified atom stereocenters. The monoisotopic (exact) mass is 254 g/mol. The molecule has 0 radical (unpaired) electrons. The summed E-state index contributed by atoms with van der Waals surface area (Å²) in [5.41, 5.74) is 2.67. The highest BCUT2D eigenvalue weighted by molar-refractivity contribution is 5.85. The van der Waals surface area contributed by atoms with E-state index in [9.17, 15) is 4.39 Å². The smallest absolute Gasteiger partial charge is 0.150 e. The zero-order valence-corrected chi connectivity index (χ0v) is 10.8. The van der Waals surface area contributed by atoms with Gasteiger partial charge in [0.05, 0.1) is 5.52 Å². The minimum atomic E-state index is -0.0718. The van der Waals surface area contributed by atoms with Gasteiger partial charge >= 0.3 is 0 Å². The van der Waals surface area contributed by atoms with Crippen LogP contribution in [0, 0.1) is 12.7 Å². The van der Waals surface area contributed by atoms with Crippen LogP contribution in [-0.2, 0) is 6.54 Å². The molecule has 17 heavy (non-hydrogen) atoms. The van der Waals surface area contributed by atoms with Crippen molar-refractivity contribution in [1.29, 1.82) is 0 Å². The number of nitrogens with one attached hydrogen (secondary N) is 1. The van der Waals surface area contributed by atoms with E-state index in [0.717, 1.165) is 29.6 Å². The third kappa shape index (κ3) is 1.74. The van der Waals surface area contributed by atoms with Crippen LogP contribution >= 0.6 is 12.4 Å². The first-order valence-corrected chi connectivity index (χ1v) is 5.68. The van der Waals surface area contributed by atoms with E-state index >= 15 is 0 Å². The van der Waals surface area contributed by atoms with Crippen LogP contribution < -0.4 is 5.32 Å². The fraction of sp³-hybridized carbons (Fsp3) is 0.385. The average molecular weight is 255 g/mol. The molecular formula is C13H16ClFN2. The summed E-state index contributed by atoms with van der Waals surface area (Å²) < 4.78 is 16.3. The number of rotatable bonds is 0. The summed E-state index contributed by atoms with van der Waals surface area (Å²) >= 11 is 0. The van der Waals surface area contributed by atoms with Crippen LogP contribution in [0.1, 0.15) is 24.2 Å². The SMILES string of the molecule is Cc1ccc2cc3n(c2c1F)[C@H](C)CNC3.Cl. The number of benzene rings is 1. The largest absolute Gasteiger partial charge is 0.337 e. The average Bonchev–Trinajstić information content (AvgIpc) is 2.64. The summed E-state index contributed by atoms with van der Waals surface area (Å²) in [6, 6.07) is 6.26. The molecule has 4 heteroatoms. The molecule has 0 bridgehead atoms. The number of fused-ring (bicyclic) bond motifs is 3. The molecule has 1 aliphatic rings. The number of aromatic nitrogens is 1. The predicted octanol–water partition coefficient (Wildman–Crippen LogP) is 3.17. The Balaban J connectivity index is 0.00000108. The van der Waals surface area contributed by atoms with Gasteiger partial charge in [-0.05, 0) is 25.5 Å². The number of halogens is 2. The Morgan fingerprint density at radius 2 is 2.18 bits per heavy atom. The molecule has 1 aromatic carbocycles. The minimum absolute atomic E-state index is 0. The van der Waals surface area contributed by atoms with Gasteiger partial charge in [0.2, 0.25) is 0 Å². The lowest BCUT2D eigenvalue weighted by atomic mass is 10.1. The highest BCUT2D eigenvalue weighted by atomic mass is 35.5. The standard InChI is InChI=1S/C13H15FN2.ClH/c1-8-3-4-10-5-11-7-15-6-9(2)16(11)13(10)12(8)14;/h3-5,9,15H,6-7H2,1-2H3;1H/t9-;/m1./s1. The van der Waals surface area contributed by atoms with E-state index in [1.54, 1.807) is 0 Å². The van der Waals surface area contributed by atoms with E-state index in [2.05, 4.69) is 22.9 Å². The summed E-state index contributed by atoms with van der Waals surface area (Å²) in [4.78, 5) is 0. The first-order valence-electron chi connectivity index (χ1n) is 5.68. The second kappa shape index (κ2) is 4.31. The molecule has 1 N–H and O–H groups in total. The van der Waals surface area contributed by atoms with Gasteiger partial charge in [0.25, 0.3) is 0 Å². The molecule has 3 rings (SSSR count). The third-order valence-electron chi connectivity index (χ3n) is 3.40. The minimum Gasteiger partial charge on any atom is -0.337 e. The molecule has 1 aromatic heterocycles. The van der Waals surface area contributed by atoms with Gasteiger partial charge in [-0.2, -0.15) is 0 Å². The molecule has 0 fully saturated rings. The first kappa shape index (κ1) is 12.4. The lowest BCUT2D eigenvalue weighted by Crippen LogP contribution is -2.31. The molecule has 0 saturated carbocycles. The Kier molecular flexibility index (Phi) is 3.15. The molecule has 2 heterocycles. The number of nitrogens with zero attached hydrogens (tertiary/aromatic N) is 1. The molecule has 92 valence electrons. The van der Waals surface area contributed by atoms with Crippen LogP contribution in [0.25, 0.3) is 10.9 Å². The zero-order chi connectivity index (χ0) is 11.3. The second-order valence-electron chi connectivity index (χ2n) is 4.62. The van der Waals surface area contributed by atoms with Crippen molar-refractivity contribution in [2.75, 3.05) is 6.54 Å².